The first-order chi connectivity index (χ1) is 7.92. The van der Waals surface area contributed by atoms with Gasteiger partial charge in [-0.25, -0.2) is 0 Å². The smallest absolute Gasteiger partial charge is 0.147 e. The van der Waals surface area contributed by atoms with Gasteiger partial charge < -0.3 is 0 Å². The molecule has 2 aliphatic carbocycles. The van der Waals surface area contributed by atoms with Gasteiger partial charge in [-0.2, -0.15) is 0 Å². The quantitative estimate of drug-likeness (QED) is 0.654. The van der Waals surface area contributed by atoms with Crippen molar-refractivity contribution < 1.29 is 25.0 Å². The second kappa shape index (κ2) is 8.24. The molecule has 0 bridgehead atoms. The Kier molecular flexibility index (Phi) is 7.34. The topological polar surface area (TPSA) is 9.23 Å². The van der Waals surface area contributed by atoms with Crippen molar-refractivity contribution in [3.8, 4) is 0 Å². The number of unbranched alkanes of at least 4 members (excludes halogenated alkanes) is 1. The maximum atomic E-state index is 6.23. The molecule has 0 heterocycles. The minimum absolute atomic E-state index is 0. The zero-order valence-electron chi connectivity index (χ0n) is 10.3. The van der Waals surface area contributed by atoms with E-state index in [2.05, 4.69) is 43.4 Å². The Morgan fingerprint density at radius 2 is 1.71 bits per heavy atom. The molecule has 0 spiro atoms. The van der Waals surface area contributed by atoms with E-state index in [9.17, 15) is 0 Å². The third-order valence-electron chi connectivity index (χ3n) is 2.87. The Bertz CT molecular complexity index is 325. The predicted molar refractivity (Wildman–Crippen MR) is 71.8 cm³/mol. The molecule has 0 saturated carbocycles. The molecule has 0 aromatic heterocycles. The summed E-state index contributed by atoms with van der Waals surface area (Å²) in [5, 5.41) is 0. The number of halogens is 1. The molecular formula is C14H20ClOZr. The summed E-state index contributed by atoms with van der Waals surface area (Å²) in [5.74, 6) is 0. The SMILES string of the molecule is CCCC[O][Zr]([C]1=CC=CC1)[C]1=CC=CC1.Cl. The molecular weight excluding hydrogens is 311 g/mol. The van der Waals surface area contributed by atoms with Gasteiger partial charge in [0, 0.05) is 0 Å². The predicted octanol–water partition coefficient (Wildman–Crippen LogP) is 4.45. The van der Waals surface area contributed by atoms with Gasteiger partial charge in [-0.3, -0.25) is 0 Å². The Labute approximate surface area is 119 Å². The number of allylic oxidation sites excluding steroid dienone is 8. The minimum atomic E-state index is -1.89. The van der Waals surface area contributed by atoms with Gasteiger partial charge in [-0.1, -0.05) is 0 Å². The van der Waals surface area contributed by atoms with Crippen LogP contribution in [0.1, 0.15) is 32.6 Å². The van der Waals surface area contributed by atoms with Crippen molar-refractivity contribution in [3.63, 3.8) is 0 Å². The van der Waals surface area contributed by atoms with Gasteiger partial charge in [0.2, 0.25) is 0 Å². The van der Waals surface area contributed by atoms with Gasteiger partial charge >= 0.3 is 107 Å². The first-order valence-corrected chi connectivity index (χ1v) is 9.60. The summed E-state index contributed by atoms with van der Waals surface area (Å²) in [4.78, 5) is 0. The minimum Gasteiger partial charge on any atom is -0.147 e. The van der Waals surface area contributed by atoms with Crippen LogP contribution < -0.4 is 0 Å². The van der Waals surface area contributed by atoms with Crippen molar-refractivity contribution in [1.29, 1.82) is 0 Å². The van der Waals surface area contributed by atoms with Crippen LogP contribution in [0.4, 0.5) is 0 Å². The van der Waals surface area contributed by atoms with E-state index in [1.165, 1.54) is 12.8 Å². The van der Waals surface area contributed by atoms with Crippen molar-refractivity contribution in [1.82, 2.24) is 0 Å². The Balaban J connectivity index is 0.00000144. The van der Waals surface area contributed by atoms with Gasteiger partial charge in [0.15, 0.2) is 0 Å². The molecule has 0 aliphatic heterocycles. The molecule has 0 unspecified atom stereocenters. The molecule has 93 valence electrons. The van der Waals surface area contributed by atoms with E-state index >= 15 is 0 Å². The van der Waals surface area contributed by atoms with E-state index in [0.717, 1.165) is 19.4 Å². The fourth-order valence-electron chi connectivity index (χ4n) is 1.94. The number of rotatable bonds is 6. The van der Waals surface area contributed by atoms with Crippen LogP contribution in [0, 0.1) is 0 Å². The Hall–Kier alpha value is 0.0931. The first kappa shape index (κ1) is 15.2. The largest absolute Gasteiger partial charge is 0.147 e. The first-order valence-electron chi connectivity index (χ1n) is 6.13. The third-order valence-corrected chi connectivity index (χ3v) is 8.77. The standard InChI is InChI=1S/2C5H5.C4H9O.ClH.Zr/c2*1-2-4-5-3-1;1-2-3-4-5;;/h2*1-3H,4H2;2-4H2,1H3;1H;/q;;-1;;+1. The Morgan fingerprint density at radius 1 is 1.12 bits per heavy atom. The monoisotopic (exact) mass is 329 g/mol. The van der Waals surface area contributed by atoms with Gasteiger partial charge in [0.1, 0.15) is 0 Å². The van der Waals surface area contributed by atoms with Gasteiger partial charge in [0.25, 0.3) is 0 Å². The van der Waals surface area contributed by atoms with E-state index in [1.807, 2.05) is 0 Å². The van der Waals surface area contributed by atoms with E-state index in [0.29, 0.717) is 0 Å². The van der Waals surface area contributed by atoms with E-state index < -0.39 is 22.2 Å². The fraction of sp³-hybridized carbons (Fsp3) is 0.429. The summed E-state index contributed by atoms with van der Waals surface area (Å²) in [6, 6.07) is 0. The normalized spacial score (nSPS) is 16.8. The van der Waals surface area contributed by atoms with Gasteiger partial charge in [0.05, 0.1) is 0 Å². The Morgan fingerprint density at radius 3 is 2.12 bits per heavy atom. The second-order valence-electron chi connectivity index (χ2n) is 4.18. The van der Waals surface area contributed by atoms with E-state index in [-0.39, 0.29) is 12.4 Å². The number of hydrogen-bond acceptors (Lipinski definition) is 1. The summed E-state index contributed by atoms with van der Waals surface area (Å²) in [6.07, 6.45) is 18.2. The van der Waals surface area contributed by atoms with E-state index in [1.54, 1.807) is 6.56 Å². The zero-order valence-corrected chi connectivity index (χ0v) is 13.6. The molecule has 0 atom stereocenters. The molecule has 0 amide bonds. The van der Waals surface area contributed by atoms with Crippen LogP contribution in [0.3, 0.4) is 0 Å². The van der Waals surface area contributed by atoms with Crippen molar-refractivity contribution in [3.05, 3.63) is 43.0 Å². The summed E-state index contributed by atoms with van der Waals surface area (Å²) in [5.41, 5.74) is 0. The maximum Gasteiger partial charge on any atom is -0.147 e. The van der Waals surface area contributed by atoms with E-state index in [4.69, 9.17) is 2.81 Å². The zero-order chi connectivity index (χ0) is 11.2. The van der Waals surface area contributed by atoms with Crippen LogP contribution in [0.25, 0.3) is 0 Å². The molecule has 3 heteroatoms. The van der Waals surface area contributed by atoms with Crippen LogP contribution in [-0.2, 0) is 25.0 Å². The molecule has 0 N–H and O–H groups in total. The van der Waals surface area contributed by atoms with Crippen LogP contribution in [0.2, 0.25) is 0 Å². The maximum absolute atomic E-state index is 6.23. The summed E-state index contributed by atoms with van der Waals surface area (Å²) in [6.45, 7) is 3.18. The summed E-state index contributed by atoms with van der Waals surface area (Å²) < 4.78 is 9.44. The average Bonchev–Trinajstić information content (AvgIpc) is 2.97. The van der Waals surface area contributed by atoms with Crippen molar-refractivity contribution in [2.24, 2.45) is 0 Å². The van der Waals surface area contributed by atoms with Gasteiger partial charge in [-0.05, 0) is 0 Å². The average molecular weight is 331 g/mol. The molecule has 0 fully saturated rings. The van der Waals surface area contributed by atoms with Crippen LogP contribution in [0.15, 0.2) is 43.0 Å². The second-order valence-corrected chi connectivity index (χ2v) is 9.66. The molecule has 0 aromatic rings. The molecule has 2 aliphatic rings. The van der Waals surface area contributed by atoms with Crippen molar-refractivity contribution in [2.75, 3.05) is 6.61 Å². The molecule has 0 aromatic carbocycles. The van der Waals surface area contributed by atoms with Gasteiger partial charge in [-0.15, -0.1) is 12.4 Å². The van der Waals surface area contributed by atoms with Crippen LogP contribution in [0.5, 0.6) is 0 Å². The molecule has 2 rings (SSSR count). The fourth-order valence-corrected chi connectivity index (χ4v) is 7.43. The molecule has 0 radical (unpaired) electrons. The summed E-state index contributed by atoms with van der Waals surface area (Å²) in [7, 11) is 0. The molecule has 0 saturated heterocycles. The third kappa shape index (κ3) is 4.35. The van der Waals surface area contributed by atoms with Crippen LogP contribution >= 0.6 is 12.4 Å². The summed E-state index contributed by atoms with van der Waals surface area (Å²) >= 11 is -1.89. The van der Waals surface area contributed by atoms with Crippen LogP contribution in [-0.4, -0.2) is 6.61 Å². The van der Waals surface area contributed by atoms with Crippen molar-refractivity contribution in [2.45, 2.75) is 32.6 Å². The van der Waals surface area contributed by atoms with Crippen molar-refractivity contribution >= 4 is 12.4 Å². The molecule has 1 nitrogen and oxygen atoms in total. The molecule has 17 heavy (non-hydrogen) atoms. The number of hydrogen-bond donors (Lipinski definition) is 0.